The summed E-state index contributed by atoms with van der Waals surface area (Å²) in [5.74, 6) is 0.264. The van der Waals surface area contributed by atoms with Gasteiger partial charge in [-0.2, -0.15) is 0 Å². The number of aromatic nitrogens is 1. The fourth-order valence-electron chi connectivity index (χ4n) is 4.57. The van der Waals surface area contributed by atoms with E-state index in [1.165, 1.54) is 5.56 Å². The van der Waals surface area contributed by atoms with Gasteiger partial charge in [0.2, 0.25) is 0 Å². The Morgan fingerprint density at radius 2 is 2.06 bits per heavy atom. The van der Waals surface area contributed by atoms with Crippen LogP contribution in [0.5, 0.6) is 0 Å². The van der Waals surface area contributed by atoms with Crippen LogP contribution in [0.4, 0.5) is 0 Å². The Bertz CT molecular complexity index is 1010. The normalized spacial score (nSPS) is 18.4. The average Bonchev–Trinajstić information content (AvgIpc) is 2.79. The molecule has 2 atom stereocenters. The van der Waals surface area contributed by atoms with E-state index < -0.39 is 0 Å². The lowest BCUT2D eigenvalue weighted by atomic mass is 9.83. The molecule has 4 rings (SSSR count). The molecular formula is C26H31ClN2O2. The first-order valence-corrected chi connectivity index (χ1v) is 11.5. The van der Waals surface area contributed by atoms with Crippen LogP contribution in [0.15, 0.2) is 54.7 Å². The second kappa shape index (κ2) is 10.6. The molecule has 0 bridgehead atoms. The van der Waals surface area contributed by atoms with Crippen molar-refractivity contribution >= 4 is 22.5 Å². The van der Waals surface area contributed by atoms with Gasteiger partial charge in [-0.1, -0.05) is 48.4 Å². The van der Waals surface area contributed by atoms with Crippen LogP contribution in [-0.4, -0.2) is 56.4 Å². The maximum absolute atomic E-state index is 6.81. The number of benzene rings is 2. The summed E-state index contributed by atoms with van der Waals surface area (Å²) in [4.78, 5) is 7.05. The van der Waals surface area contributed by atoms with Crippen LogP contribution < -0.4 is 0 Å². The van der Waals surface area contributed by atoms with Gasteiger partial charge in [0.1, 0.15) is 0 Å². The minimum Gasteiger partial charge on any atom is -0.385 e. The van der Waals surface area contributed by atoms with Crippen molar-refractivity contribution in [2.24, 2.45) is 0 Å². The molecule has 1 fully saturated rings. The van der Waals surface area contributed by atoms with E-state index in [9.17, 15) is 0 Å². The molecule has 164 valence electrons. The fraction of sp³-hybridized carbons (Fsp3) is 0.423. The molecule has 3 aromatic rings. The van der Waals surface area contributed by atoms with Crippen molar-refractivity contribution < 1.29 is 9.47 Å². The molecule has 0 N–H and O–H groups in total. The van der Waals surface area contributed by atoms with E-state index in [0.29, 0.717) is 0 Å². The van der Waals surface area contributed by atoms with Gasteiger partial charge < -0.3 is 14.4 Å². The number of rotatable bonds is 8. The van der Waals surface area contributed by atoms with Gasteiger partial charge in [-0.25, -0.2) is 0 Å². The number of likely N-dealkylation sites (N-methyl/N-ethyl adjacent to an activating group) is 1. The smallest absolute Gasteiger partial charge is 0.0771 e. The highest BCUT2D eigenvalue weighted by Gasteiger charge is 2.30. The van der Waals surface area contributed by atoms with Gasteiger partial charge in [-0.15, -0.1) is 0 Å². The summed E-state index contributed by atoms with van der Waals surface area (Å²) in [6.45, 7) is 3.46. The molecule has 0 radical (unpaired) electrons. The summed E-state index contributed by atoms with van der Waals surface area (Å²) in [6.07, 6.45) is 5.26. The summed E-state index contributed by atoms with van der Waals surface area (Å²) in [5.41, 5.74) is 4.39. The van der Waals surface area contributed by atoms with E-state index >= 15 is 0 Å². The Morgan fingerprint density at radius 3 is 2.90 bits per heavy atom. The van der Waals surface area contributed by atoms with Crippen LogP contribution in [0.2, 0.25) is 5.02 Å². The lowest BCUT2D eigenvalue weighted by Gasteiger charge is -2.36. The minimum atomic E-state index is 0.145. The van der Waals surface area contributed by atoms with Crippen molar-refractivity contribution in [3.63, 3.8) is 0 Å². The van der Waals surface area contributed by atoms with Crippen LogP contribution >= 0.6 is 11.6 Å². The monoisotopic (exact) mass is 438 g/mol. The zero-order valence-electron chi connectivity index (χ0n) is 18.4. The number of methoxy groups -OCH3 is 1. The molecule has 0 aliphatic carbocycles. The molecule has 0 saturated carbocycles. The first kappa shape index (κ1) is 22.2. The lowest BCUT2D eigenvalue weighted by Crippen LogP contribution is -2.43. The number of unbranched alkanes of at least 4 members (excludes halogenated alkanes) is 1. The third-order valence-corrected chi connectivity index (χ3v) is 6.50. The molecule has 1 aliphatic rings. The SMILES string of the molecule is COCCCCC(c1cccc(Cl)c1-c1cnc2ccccc2c1)C1CN(C)CCO1. The number of pyridine rings is 1. The first-order valence-electron chi connectivity index (χ1n) is 11.1. The molecule has 31 heavy (non-hydrogen) atoms. The standard InChI is InChI=1S/C26H31ClN2O2/c1-29-13-15-31-25(18-29)21(9-5-6-14-30-2)22-10-7-11-23(27)26(22)20-16-19-8-3-4-12-24(19)28-17-20/h3-4,7-8,10-12,16-17,21,25H,5-6,9,13-15,18H2,1-2H3. The van der Waals surface area contributed by atoms with Gasteiger partial charge in [-0.05, 0) is 43.7 Å². The zero-order valence-corrected chi connectivity index (χ0v) is 19.1. The summed E-state index contributed by atoms with van der Waals surface area (Å²) < 4.78 is 11.6. The van der Waals surface area contributed by atoms with Crippen LogP contribution in [0, 0.1) is 0 Å². The molecule has 1 saturated heterocycles. The van der Waals surface area contributed by atoms with E-state index in [4.69, 9.17) is 26.1 Å². The third kappa shape index (κ3) is 5.27. The molecule has 5 heteroatoms. The van der Waals surface area contributed by atoms with Gasteiger partial charge in [0, 0.05) is 60.5 Å². The van der Waals surface area contributed by atoms with E-state index in [-0.39, 0.29) is 12.0 Å². The lowest BCUT2D eigenvalue weighted by molar-refractivity contribution is -0.0352. The number of hydrogen-bond donors (Lipinski definition) is 0. The van der Waals surface area contributed by atoms with Crippen LogP contribution in [-0.2, 0) is 9.47 Å². The van der Waals surface area contributed by atoms with Crippen molar-refractivity contribution in [2.45, 2.75) is 31.3 Å². The van der Waals surface area contributed by atoms with Gasteiger partial charge in [0.25, 0.3) is 0 Å². The number of fused-ring (bicyclic) bond motifs is 1. The van der Waals surface area contributed by atoms with Crippen LogP contribution in [0.3, 0.4) is 0 Å². The molecule has 2 unspecified atom stereocenters. The van der Waals surface area contributed by atoms with E-state index in [2.05, 4.69) is 36.2 Å². The van der Waals surface area contributed by atoms with E-state index in [1.807, 2.05) is 30.5 Å². The highest BCUT2D eigenvalue weighted by molar-refractivity contribution is 6.33. The van der Waals surface area contributed by atoms with Crippen molar-refractivity contribution in [3.05, 3.63) is 65.3 Å². The van der Waals surface area contributed by atoms with E-state index in [0.717, 1.165) is 72.6 Å². The number of para-hydroxylation sites is 1. The molecule has 1 aliphatic heterocycles. The third-order valence-electron chi connectivity index (χ3n) is 6.18. The Labute approximate surface area is 190 Å². The summed E-state index contributed by atoms with van der Waals surface area (Å²) in [6, 6.07) is 16.7. The number of morpholine rings is 1. The molecule has 2 aromatic carbocycles. The van der Waals surface area contributed by atoms with Crippen molar-refractivity contribution in [2.75, 3.05) is 40.5 Å². The predicted molar refractivity (Wildman–Crippen MR) is 128 cm³/mol. The highest BCUT2D eigenvalue weighted by atomic mass is 35.5. The Hall–Kier alpha value is -1.98. The Balaban J connectivity index is 1.74. The minimum absolute atomic E-state index is 0.145. The van der Waals surface area contributed by atoms with Gasteiger partial charge >= 0.3 is 0 Å². The molecule has 2 heterocycles. The number of nitrogens with zero attached hydrogens (tertiary/aromatic N) is 2. The van der Waals surface area contributed by atoms with Gasteiger partial charge in [-0.3, -0.25) is 4.98 Å². The summed E-state index contributed by atoms with van der Waals surface area (Å²) in [5, 5.41) is 1.89. The van der Waals surface area contributed by atoms with Crippen molar-refractivity contribution in [1.82, 2.24) is 9.88 Å². The maximum atomic E-state index is 6.81. The number of hydrogen-bond acceptors (Lipinski definition) is 4. The second-order valence-electron chi connectivity index (χ2n) is 8.39. The topological polar surface area (TPSA) is 34.6 Å². The Kier molecular flexibility index (Phi) is 7.57. The average molecular weight is 439 g/mol. The fourth-order valence-corrected chi connectivity index (χ4v) is 4.86. The first-order chi connectivity index (χ1) is 15.2. The quantitative estimate of drug-likeness (QED) is 0.417. The van der Waals surface area contributed by atoms with Crippen molar-refractivity contribution in [3.8, 4) is 11.1 Å². The van der Waals surface area contributed by atoms with Gasteiger partial charge in [0.15, 0.2) is 0 Å². The predicted octanol–water partition coefficient (Wildman–Crippen LogP) is 5.79. The number of ether oxygens (including phenoxy) is 2. The molecule has 4 nitrogen and oxygen atoms in total. The molecule has 0 spiro atoms. The molecule has 0 amide bonds. The zero-order chi connectivity index (χ0) is 21.6. The van der Waals surface area contributed by atoms with Gasteiger partial charge in [0.05, 0.1) is 18.2 Å². The summed E-state index contributed by atoms with van der Waals surface area (Å²) in [7, 11) is 3.93. The van der Waals surface area contributed by atoms with Crippen LogP contribution in [0.1, 0.15) is 30.7 Å². The van der Waals surface area contributed by atoms with Crippen LogP contribution in [0.25, 0.3) is 22.0 Å². The summed E-state index contributed by atoms with van der Waals surface area (Å²) >= 11 is 6.81. The van der Waals surface area contributed by atoms with E-state index in [1.54, 1.807) is 7.11 Å². The maximum Gasteiger partial charge on any atom is 0.0771 e. The van der Waals surface area contributed by atoms with Crippen molar-refractivity contribution in [1.29, 1.82) is 0 Å². The highest BCUT2D eigenvalue weighted by Crippen LogP contribution is 2.40. The molecule has 1 aromatic heterocycles. The largest absolute Gasteiger partial charge is 0.385 e. The Morgan fingerprint density at radius 1 is 1.19 bits per heavy atom. The second-order valence-corrected chi connectivity index (χ2v) is 8.79. The molecular weight excluding hydrogens is 408 g/mol. The number of halogens is 1.